The van der Waals surface area contributed by atoms with E-state index in [1.165, 1.54) is 0 Å². The lowest BCUT2D eigenvalue weighted by molar-refractivity contribution is 0.0395. The minimum Gasteiger partial charge on any atom is -0.367 e. The highest BCUT2D eigenvalue weighted by molar-refractivity contribution is 7.09. The van der Waals surface area contributed by atoms with Crippen LogP contribution in [0.3, 0.4) is 0 Å². The van der Waals surface area contributed by atoms with Gasteiger partial charge in [0.25, 0.3) is 0 Å². The highest BCUT2D eigenvalue weighted by atomic mass is 32.1. The molecule has 0 spiro atoms. The zero-order chi connectivity index (χ0) is 18.1. The van der Waals surface area contributed by atoms with Gasteiger partial charge in [-0.2, -0.15) is 0 Å². The monoisotopic (exact) mass is 374 g/mol. The Labute approximate surface area is 161 Å². The molecule has 0 radical (unpaired) electrons. The van der Waals surface area contributed by atoms with Crippen molar-refractivity contribution < 1.29 is 4.74 Å². The van der Waals surface area contributed by atoms with Gasteiger partial charge < -0.3 is 9.64 Å². The number of morpholine rings is 1. The largest absolute Gasteiger partial charge is 0.367 e. The van der Waals surface area contributed by atoms with Gasteiger partial charge in [0.2, 0.25) is 0 Å². The molecule has 27 heavy (non-hydrogen) atoms. The summed E-state index contributed by atoms with van der Waals surface area (Å²) in [6, 6.07) is 18.3. The first-order valence-electron chi connectivity index (χ1n) is 8.96. The summed E-state index contributed by atoms with van der Waals surface area (Å²) in [5.74, 6) is 1.71. The maximum Gasteiger partial charge on any atom is 0.162 e. The van der Waals surface area contributed by atoms with Crippen molar-refractivity contribution >= 4 is 28.1 Å². The highest BCUT2D eigenvalue weighted by Crippen LogP contribution is 2.31. The fourth-order valence-electron chi connectivity index (χ4n) is 3.40. The molecular formula is C21H18N4OS. The van der Waals surface area contributed by atoms with E-state index in [0.29, 0.717) is 6.61 Å². The molecule has 0 saturated carbocycles. The van der Waals surface area contributed by atoms with Gasteiger partial charge in [-0.25, -0.2) is 15.0 Å². The van der Waals surface area contributed by atoms with Crippen molar-refractivity contribution in [1.82, 2.24) is 15.0 Å². The second-order valence-electron chi connectivity index (χ2n) is 6.43. The van der Waals surface area contributed by atoms with Crippen LogP contribution < -0.4 is 4.90 Å². The Morgan fingerprint density at radius 2 is 1.85 bits per heavy atom. The lowest BCUT2D eigenvalue weighted by atomic mass is 10.1. The van der Waals surface area contributed by atoms with Crippen LogP contribution in [0.2, 0.25) is 0 Å². The van der Waals surface area contributed by atoms with E-state index in [1.807, 2.05) is 60.1 Å². The number of para-hydroxylation sites is 1. The number of anilines is 1. The molecule has 2 aromatic carbocycles. The van der Waals surface area contributed by atoms with Crippen LogP contribution in [0.1, 0.15) is 11.1 Å². The first-order chi connectivity index (χ1) is 13.4. The fourth-order valence-corrected chi connectivity index (χ4v) is 4.08. The van der Waals surface area contributed by atoms with Gasteiger partial charge in [0.05, 0.1) is 18.7 Å². The van der Waals surface area contributed by atoms with E-state index in [-0.39, 0.29) is 6.10 Å². The molecule has 0 aliphatic carbocycles. The van der Waals surface area contributed by atoms with Crippen LogP contribution in [0.5, 0.6) is 0 Å². The molecule has 3 heterocycles. The average molecular weight is 374 g/mol. The normalized spacial score (nSPS) is 17.3. The van der Waals surface area contributed by atoms with Crippen LogP contribution in [-0.2, 0) is 4.74 Å². The molecule has 0 bridgehead atoms. The average Bonchev–Trinajstić information content (AvgIpc) is 3.29. The SMILES string of the molecule is c1ccc(-c2nc(N3CCOC(c4nccs4)C3)c3ccccc3n2)cc1. The number of benzene rings is 2. The third kappa shape index (κ3) is 3.18. The number of hydrogen-bond acceptors (Lipinski definition) is 6. The summed E-state index contributed by atoms with van der Waals surface area (Å²) in [7, 11) is 0. The van der Waals surface area contributed by atoms with Gasteiger partial charge >= 0.3 is 0 Å². The summed E-state index contributed by atoms with van der Waals surface area (Å²) in [6.07, 6.45) is 1.81. The van der Waals surface area contributed by atoms with Crippen molar-refractivity contribution in [1.29, 1.82) is 0 Å². The fraction of sp³-hybridized carbons (Fsp3) is 0.190. The molecule has 2 aromatic heterocycles. The van der Waals surface area contributed by atoms with E-state index in [0.717, 1.165) is 46.2 Å². The maximum atomic E-state index is 5.96. The Kier molecular flexibility index (Phi) is 4.27. The van der Waals surface area contributed by atoms with Crippen LogP contribution >= 0.6 is 11.3 Å². The summed E-state index contributed by atoms with van der Waals surface area (Å²) in [4.78, 5) is 16.5. The third-order valence-electron chi connectivity index (χ3n) is 4.71. The van der Waals surface area contributed by atoms with E-state index in [9.17, 15) is 0 Å². The second-order valence-corrected chi connectivity index (χ2v) is 7.36. The number of thiazole rings is 1. The molecule has 5 nitrogen and oxygen atoms in total. The zero-order valence-electron chi connectivity index (χ0n) is 14.7. The predicted molar refractivity (Wildman–Crippen MR) is 108 cm³/mol. The number of nitrogens with zero attached hydrogens (tertiary/aromatic N) is 4. The van der Waals surface area contributed by atoms with E-state index in [4.69, 9.17) is 14.7 Å². The Morgan fingerprint density at radius 3 is 2.70 bits per heavy atom. The van der Waals surface area contributed by atoms with Crippen molar-refractivity contribution in [3.05, 3.63) is 71.2 Å². The summed E-state index contributed by atoms with van der Waals surface area (Å²) in [6.45, 7) is 2.20. The first-order valence-corrected chi connectivity index (χ1v) is 9.84. The molecule has 134 valence electrons. The standard InChI is InChI=1S/C21H18N4OS/c1-2-6-15(7-3-1)19-23-17-9-5-4-8-16(17)20(24-19)25-11-12-26-18(14-25)21-22-10-13-27-21/h1-10,13,18H,11-12,14H2. The van der Waals surface area contributed by atoms with Crippen LogP contribution in [0.15, 0.2) is 66.2 Å². The van der Waals surface area contributed by atoms with Crippen LogP contribution in [0.25, 0.3) is 22.3 Å². The Morgan fingerprint density at radius 1 is 1.00 bits per heavy atom. The molecule has 1 saturated heterocycles. The van der Waals surface area contributed by atoms with Gasteiger partial charge in [0.15, 0.2) is 5.82 Å². The number of ether oxygens (including phenoxy) is 1. The zero-order valence-corrected chi connectivity index (χ0v) is 15.5. The molecule has 6 heteroatoms. The molecule has 1 unspecified atom stereocenters. The third-order valence-corrected chi connectivity index (χ3v) is 5.58. The number of rotatable bonds is 3. The Bertz CT molecular complexity index is 1050. The van der Waals surface area contributed by atoms with Crippen molar-refractivity contribution in [3.8, 4) is 11.4 Å². The summed E-state index contributed by atoms with van der Waals surface area (Å²) >= 11 is 1.63. The molecule has 0 N–H and O–H groups in total. The van der Waals surface area contributed by atoms with E-state index in [1.54, 1.807) is 11.3 Å². The van der Waals surface area contributed by atoms with Gasteiger partial charge in [-0.1, -0.05) is 42.5 Å². The summed E-state index contributed by atoms with van der Waals surface area (Å²) < 4.78 is 5.96. The molecule has 4 aromatic rings. The van der Waals surface area contributed by atoms with Crippen molar-refractivity contribution in [3.63, 3.8) is 0 Å². The highest BCUT2D eigenvalue weighted by Gasteiger charge is 2.26. The second kappa shape index (κ2) is 7.06. The van der Waals surface area contributed by atoms with Crippen molar-refractivity contribution in [2.45, 2.75) is 6.10 Å². The Hall–Kier alpha value is -2.83. The minimum absolute atomic E-state index is 0.0207. The van der Waals surface area contributed by atoms with Gasteiger partial charge in [-0.05, 0) is 12.1 Å². The Balaban J connectivity index is 1.59. The number of aromatic nitrogens is 3. The topological polar surface area (TPSA) is 51.1 Å². The number of fused-ring (bicyclic) bond motifs is 1. The minimum atomic E-state index is -0.0207. The first kappa shape index (κ1) is 16.4. The number of hydrogen-bond donors (Lipinski definition) is 0. The van der Waals surface area contributed by atoms with Crippen LogP contribution in [-0.4, -0.2) is 34.6 Å². The van der Waals surface area contributed by atoms with E-state index >= 15 is 0 Å². The van der Waals surface area contributed by atoms with Gasteiger partial charge in [0, 0.05) is 29.1 Å². The van der Waals surface area contributed by atoms with Gasteiger partial charge in [-0.15, -0.1) is 11.3 Å². The molecule has 1 aliphatic heterocycles. The van der Waals surface area contributed by atoms with Crippen LogP contribution in [0.4, 0.5) is 5.82 Å². The lowest BCUT2D eigenvalue weighted by Crippen LogP contribution is -2.39. The summed E-state index contributed by atoms with van der Waals surface area (Å²) in [5, 5.41) is 4.07. The van der Waals surface area contributed by atoms with E-state index < -0.39 is 0 Å². The van der Waals surface area contributed by atoms with Crippen molar-refractivity contribution in [2.24, 2.45) is 0 Å². The molecule has 5 rings (SSSR count). The van der Waals surface area contributed by atoms with Crippen LogP contribution in [0, 0.1) is 0 Å². The molecule has 0 amide bonds. The molecule has 1 atom stereocenters. The van der Waals surface area contributed by atoms with Crippen molar-refractivity contribution in [2.75, 3.05) is 24.6 Å². The smallest absolute Gasteiger partial charge is 0.162 e. The lowest BCUT2D eigenvalue weighted by Gasteiger charge is -2.33. The summed E-state index contributed by atoms with van der Waals surface area (Å²) in [5.41, 5.74) is 1.98. The molecule has 1 fully saturated rings. The van der Waals surface area contributed by atoms with Gasteiger partial charge in [0.1, 0.15) is 16.9 Å². The molecular weight excluding hydrogens is 356 g/mol. The molecule has 1 aliphatic rings. The van der Waals surface area contributed by atoms with Gasteiger partial charge in [-0.3, -0.25) is 0 Å². The quantitative estimate of drug-likeness (QED) is 0.534. The predicted octanol–water partition coefficient (Wildman–Crippen LogP) is 4.33. The van der Waals surface area contributed by atoms with E-state index in [2.05, 4.69) is 16.0 Å². The maximum absolute atomic E-state index is 5.96.